The molecule has 0 saturated carbocycles. The minimum Gasteiger partial charge on any atom is -0.367 e. The molecule has 0 unspecified atom stereocenters. The largest absolute Gasteiger partial charge is 0.367 e. The van der Waals surface area contributed by atoms with E-state index >= 15 is 0 Å². The average Bonchev–Trinajstić information content (AvgIpc) is 2.81. The fourth-order valence-corrected chi connectivity index (χ4v) is 4.22. The summed E-state index contributed by atoms with van der Waals surface area (Å²) in [6.07, 6.45) is 0. The number of likely N-dealkylation sites (N-methyl/N-ethyl adjacent to an activating group) is 1. The third-order valence-corrected chi connectivity index (χ3v) is 6.17. The molecule has 4 rings (SSSR count). The number of carbonyl (C=O) groups excluding carboxylic acids is 1. The number of nitro groups is 1. The van der Waals surface area contributed by atoms with E-state index in [4.69, 9.17) is 0 Å². The van der Waals surface area contributed by atoms with Gasteiger partial charge in [0.2, 0.25) is 0 Å². The zero-order valence-corrected chi connectivity index (χ0v) is 18.1. The molecule has 0 radical (unpaired) electrons. The van der Waals surface area contributed by atoms with Crippen molar-refractivity contribution in [1.29, 1.82) is 0 Å². The Balaban J connectivity index is 1.54. The predicted octanol–water partition coefficient (Wildman–Crippen LogP) is 2.73. The van der Waals surface area contributed by atoms with Crippen molar-refractivity contribution in [2.24, 2.45) is 0 Å². The van der Waals surface area contributed by atoms with Crippen LogP contribution < -0.4 is 9.80 Å². The van der Waals surface area contributed by atoms with Crippen molar-refractivity contribution in [3.63, 3.8) is 0 Å². The highest BCUT2D eigenvalue weighted by atomic mass is 19.2. The van der Waals surface area contributed by atoms with Gasteiger partial charge in [0.15, 0.2) is 17.5 Å². The Morgan fingerprint density at radius 1 is 0.879 bits per heavy atom. The van der Waals surface area contributed by atoms with Crippen LogP contribution in [-0.2, 0) is 0 Å². The first-order chi connectivity index (χ1) is 15.8. The molecule has 0 bridgehead atoms. The number of hydrogen-bond acceptors (Lipinski definition) is 6. The average molecular weight is 463 g/mol. The van der Waals surface area contributed by atoms with Gasteiger partial charge in [0, 0.05) is 52.4 Å². The number of halogens is 3. The van der Waals surface area contributed by atoms with Crippen molar-refractivity contribution in [2.75, 3.05) is 69.2 Å². The third kappa shape index (κ3) is 4.58. The summed E-state index contributed by atoms with van der Waals surface area (Å²) in [5.41, 5.74) is -0.113. The molecule has 2 aliphatic rings. The van der Waals surface area contributed by atoms with E-state index in [1.54, 1.807) is 4.90 Å². The molecule has 2 aromatic carbocycles. The molecule has 0 aromatic heterocycles. The molecular formula is C22H24F3N5O3. The fraction of sp³-hybridized carbons (Fsp3) is 0.409. The molecule has 176 valence electrons. The standard InChI is InChI=1S/C22H24F3N5O3/c1-26-5-7-27(8-6-26)18-14-19(20(30(32)33)13-17(18)24)28-9-11-29(12-10-28)22(31)15-3-2-4-16(23)21(15)25/h2-4,13-14H,5-12H2,1H3. The number of anilines is 2. The molecule has 2 saturated heterocycles. The van der Waals surface area contributed by atoms with Crippen molar-refractivity contribution in [2.45, 2.75) is 0 Å². The van der Waals surface area contributed by atoms with E-state index < -0.39 is 28.3 Å². The topological polar surface area (TPSA) is 73.2 Å². The zero-order valence-electron chi connectivity index (χ0n) is 18.1. The smallest absolute Gasteiger partial charge is 0.295 e. The molecule has 2 fully saturated rings. The minimum absolute atomic E-state index is 0.160. The van der Waals surface area contributed by atoms with Gasteiger partial charge in [-0.2, -0.15) is 0 Å². The molecule has 2 heterocycles. The van der Waals surface area contributed by atoms with Crippen LogP contribution in [0.15, 0.2) is 30.3 Å². The molecule has 0 aliphatic carbocycles. The second kappa shape index (κ2) is 9.26. The van der Waals surface area contributed by atoms with Crippen LogP contribution in [-0.4, -0.2) is 80.0 Å². The number of benzene rings is 2. The molecule has 11 heteroatoms. The van der Waals surface area contributed by atoms with Gasteiger partial charge >= 0.3 is 0 Å². The Labute approximate surface area is 188 Å². The van der Waals surface area contributed by atoms with E-state index in [0.29, 0.717) is 18.8 Å². The quantitative estimate of drug-likeness (QED) is 0.513. The second-order valence-corrected chi connectivity index (χ2v) is 8.22. The van der Waals surface area contributed by atoms with E-state index in [1.165, 1.54) is 23.1 Å². The summed E-state index contributed by atoms with van der Waals surface area (Å²) < 4.78 is 42.3. The van der Waals surface area contributed by atoms with Crippen molar-refractivity contribution < 1.29 is 22.9 Å². The summed E-state index contributed by atoms with van der Waals surface area (Å²) in [6.45, 7) is 3.50. The van der Waals surface area contributed by atoms with Gasteiger partial charge in [0.1, 0.15) is 5.69 Å². The lowest BCUT2D eigenvalue weighted by molar-refractivity contribution is -0.384. The van der Waals surface area contributed by atoms with Gasteiger partial charge in [0.25, 0.3) is 11.6 Å². The summed E-state index contributed by atoms with van der Waals surface area (Å²) in [7, 11) is 1.98. The van der Waals surface area contributed by atoms with Crippen molar-refractivity contribution in [3.8, 4) is 0 Å². The molecule has 2 aromatic rings. The lowest BCUT2D eigenvalue weighted by Crippen LogP contribution is -2.49. The van der Waals surface area contributed by atoms with Gasteiger partial charge in [-0.15, -0.1) is 0 Å². The molecule has 1 amide bonds. The highest BCUT2D eigenvalue weighted by Crippen LogP contribution is 2.36. The molecule has 0 spiro atoms. The second-order valence-electron chi connectivity index (χ2n) is 8.22. The van der Waals surface area contributed by atoms with Crippen molar-refractivity contribution >= 4 is 23.0 Å². The number of carbonyl (C=O) groups is 1. The Morgan fingerprint density at radius 2 is 1.48 bits per heavy atom. The Kier molecular flexibility index (Phi) is 6.41. The molecule has 8 nitrogen and oxygen atoms in total. The van der Waals surface area contributed by atoms with Gasteiger partial charge in [-0.1, -0.05) is 6.07 Å². The highest BCUT2D eigenvalue weighted by Gasteiger charge is 2.30. The van der Waals surface area contributed by atoms with Crippen molar-refractivity contribution in [3.05, 3.63) is 63.5 Å². The van der Waals surface area contributed by atoms with Crippen LogP contribution in [0.3, 0.4) is 0 Å². The molecule has 0 atom stereocenters. The molecular weight excluding hydrogens is 439 g/mol. The number of amides is 1. The van der Waals surface area contributed by atoms with Gasteiger partial charge < -0.3 is 19.6 Å². The van der Waals surface area contributed by atoms with E-state index in [2.05, 4.69) is 4.90 Å². The first-order valence-electron chi connectivity index (χ1n) is 10.7. The van der Waals surface area contributed by atoms with Crippen LogP contribution in [0, 0.1) is 27.6 Å². The van der Waals surface area contributed by atoms with Crippen LogP contribution in [0.5, 0.6) is 0 Å². The number of nitro benzene ring substituents is 1. The maximum absolute atomic E-state index is 14.8. The Morgan fingerprint density at radius 3 is 2.12 bits per heavy atom. The third-order valence-electron chi connectivity index (χ3n) is 6.17. The Hall–Kier alpha value is -3.34. The van der Waals surface area contributed by atoms with Gasteiger partial charge in [-0.05, 0) is 25.2 Å². The molecule has 33 heavy (non-hydrogen) atoms. The van der Waals surface area contributed by atoms with Crippen LogP contribution in [0.1, 0.15) is 10.4 Å². The maximum Gasteiger partial charge on any atom is 0.295 e. The van der Waals surface area contributed by atoms with Crippen LogP contribution >= 0.6 is 0 Å². The Bertz CT molecular complexity index is 1070. The predicted molar refractivity (Wildman–Crippen MR) is 117 cm³/mol. The fourth-order valence-electron chi connectivity index (χ4n) is 4.22. The minimum atomic E-state index is -1.20. The van der Waals surface area contributed by atoms with E-state index in [0.717, 1.165) is 25.2 Å². The van der Waals surface area contributed by atoms with E-state index in [-0.39, 0.29) is 43.1 Å². The first kappa shape index (κ1) is 22.8. The van der Waals surface area contributed by atoms with E-state index in [9.17, 15) is 28.1 Å². The summed E-state index contributed by atoms with van der Waals surface area (Å²) in [5, 5.41) is 11.6. The van der Waals surface area contributed by atoms with E-state index in [1.807, 2.05) is 11.9 Å². The normalized spacial score (nSPS) is 17.4. The number of rotatable bonds is 4. The number of piperazine rings is 2. The van der Waals surface area contributed by atoms with Crippen LogP contribution in [0.4, 0.5) is 30.2 Å². The van der Waals surface area contributed by atoms with Gasteiger partial charge in [-0.25, -0.2) is 13.2 Å². The summed E-state index contributed by atoms with van der Waals surface area (Å²) in [4.78, 5) is 30.8. The summed E-state index contributed by atoms with van der Waals surface area (Å²) >= 11 is 0. The lowest BCUT2D eigenvalue weighted by atomic mass is 10.1. The first-order valence-corrected chi connectivity index (χ1v) is 10.7. The summed E-state index contributed by atoms with van der Waals surface area (Å²) in [6, 6.07) is 5.88. The SMILES string of the molecule is CN1CCN(c2cc(N3CCN(C(=O)c4cccc(F)c4F)CC3)c([N+](=O)[O-])cc2F)CC1. The molecule has 0 N–H and O–H groups in total. The monoisotopic (exact) mass is 463 g/mol. The molecule has 2 aliphatic heterocycles. The van der Waals surface area contributed by atoms with Crippen molar-refractivity contribution in [1.82, 2.24) is 9.80 Å². The zero-order chi connectivity index (χ0) is 23.7. The summed E-state index contributed by atoms with van der Waals surface area (Å²) in [5.74, 6) is -3.59. The number of hydrogen-bond donors (Lipinski definition) is 0. The van der Waals surface area contributed by atoms with Crippen LogP contribution in [0.2, 0.25) is 0 Å². The highest BCUT2D eigenvalue weighted by molar-refractivity contribution is 5.94. The van der Waals surface area contributed by atoms with Gasteiger partial charge in [-0.3, -0.25) is 14.9 Å². The van der Waals surface area contributed by atoms with Gasteiger partial charge in [0.05, 0.1) is 22.2 Å². The lowest BCUT2D eigenvalue weighted by Gasteiger charge is -2.37. The maximum atomic E-state index is 14.8. The van der Waals surface area contributed by atoms with Crippen LogP contribution in [0.25, 0.3) is 0 Å². The number of nitrogens with zero attached hydrogens (tertiary/aromatic N) is 5.